The van der Waals surface area contributed by atoms with Gasteiger partial charge in [0.1, 0.15) is 0 Å². The Kier molecular flexibility index (Phi) is 7.61. The Bertz CT molecular complexity index is 251. The fourth-order valence-corrected chi connectivity index (χ4v) is 4.44. The molecule has 0 aromatic heterocycles. The van der Waals surface area contributed by atoms with Crippen molar-refractivity contribution in [3.05, 3.63) is 11.1 Å². The maximum Gasteiger partial charge on any atom is 0.00217 e. The monoisotopic (exact) mass is 271 g/mol. The number of nitrogens with two attached hydrogens (primary N) is 1. The molecule has 0 unspecified atom stereocenters. The van der Waals surface area contributed by atoms with E-state index in [1.165, 1.54) is 37.8 Å². The van der Waals surface area contributed by atoms with E-state index in [4.69, 9.17) is 0 Å². The van der Waals surface area contributed by atoms with Crippen molar-refractivity contribution in [1.82, 2.24) is 0 Å². The van der Waals surface area contributed by atoms with E-state index in [2.05, 4.69) is 45.2 Å². The SMILES string of the molecule is CC.CC1(C)CSCC(C)(C)C2=C1CCC2.CN. The summed E-state index contributed by atoms with van der Waals surface area (Å²) in [5, 5.41) is 0. The number of allylic oxidation sites excluding steroid dienone is 2. The zero-order valence-electron chi connectivity index (χ0n) is 13.5. The van der Waals surface area contributed by atoms with Gasteiger partial charge in [-0.3, -0.25) is 0 Å². The van der Waals surface area contributed by atoms with Gasteiger partial charge >= 0.3 is 0 Å². The second-order valence-electron chi connectivity index (χ2n) is 6.07. The van der Waals surface area contributed by atoms with Gasteiger partial charge < -0.3 is 5.73 Å². The third kappa shape index (κ3) is 4.03. The number of thioether (sulfide) groups is 1. The zero-order valence-corrected chi connectivity index (χ0v) is 14.3. The van der Waals surface area contributed by atoms with E-state index in [-0.39, 0.29) is 0 Å². The molecule has 0 spiro atoms. The van der Waals surface area contributed by atoms with E-state index in [9.17, 15) is 0 Å². The number of hydrogen-bond acceptors (Lipinski definition) is 2. The highest BCUT2D eigenvalue weighted by atomic mass is 32.2. The molecule has 0 fully saturated rings. The molecule has 2 heteroatoms. The minimum atomic E-state index is 0.463. The molecule has 1 aliphatic carbocycles. The van der Waals surface area contributed by atoms with Crippen molar-refractivity contribution in [2.24, 2.45) is 16.6 Å². The molecular formula is C16H33NS. The fraction of sp³-hybridized carbons (Fsp3) is 0.875. The summed E-state index contributed by atoms with van der Waals surface area (Å²) >= 11 is 2.14. The van der Waals surface area contributed by atoms with Crippen molar-refractivity contribution in [1.29, 1.82) is 0 Å². The second kappa shape index (κ2) is 7.59. The van der Waals surface area contributed by atoms with Gasteiger partial charge in [0.25, 0.3) is 0 Å². The van der Waals surface area contributed by atoms with E-state index in [0.29, 0.717) is 10.8 Å². The Morgan fingerprint density at radius 2 is 1.17 bits per heavy atom. The predicted molar refractivity (Wildman–Crippen MR) is 87.2 cm³/mol. The maximum absolute atomic E-state index is 4.50. The van der Waals surface area contributed by atoms with Gasteiger partial charge in [0.05, 0.1) is 0 Å². The lowest BCUT2D eigenvalue weighted by atomic mass is 9.76. The van der Waals surface area contributed by atoms with Crippen molar-refractivity contribution in [2.45, 2.75) is 60.8 Å². The summed E-state index contributed by atoms with van der Waals surface area (Å²) in [6.45, 7) is 13.7. The molecule has 0 aromatic rings. The van der Waals surface area contributed by atoms with Crippen LogP contribution in [0.15, 0.2) is 11.1 Å². The van der Waals surface area contributed by atoms with Crippen LogP contribution in [0.4, 0.5) is 0 Å². The lowest BCUT2D eigenvalue weighted by Crippen LogP contribution is -2.19. The van der Waals surface area contributed by atoms with Gasteiger partial charge in [0, 0.05) is 11.5 Å². The van der Waals surface area contributed by atoms with Crippen LogP contribution in [-0.2, 0) is 0 Å². The third-order valence-corrected chi connectivity index (χ3v) is 5.63. The van der Waals surface area contributed by atoms with Crippen LogP contribution in [0.5, 0.6) is 0 Å². The first-order valence-corrected chi connectivity index (χ1v) is 8.47. The molecule has 0 saturated heterocycles. The standard InChI is InChI=1S/C13H22S.C2H6.CH5N/c1-12(2)8-14-9-13(3,4)11-7-5-6-10(11)12;2*1-2/h5-9H2,1-4H3;1-2H3;2H2,1H3. The van der Waals surface area contributed by atoms with Crippen LogP contribution in [0.2, 0.25) is 0 Å². The van der Waals surface area contributed by atoms with E-state index < -0.39 is 0 Å². The molecule has 0 saturated carbocycles. The van der Waals surface area contributed by atoms with E-state index >= 15 is 0 Å². The third-order valence-electron chi connectivity index (χ3n) is 3.78. The Labute approximate surface area is 119 Å². The van der Waals surface area contributed by atoms with Crippen LogP contribution in [0.1, 0.15) is 60.8 Å². The predicted octanol–water partition coefficient (Wildman–Crippen LogP) is 4.87. The fourth-order valence-electron chi connectivity index (χ4n) is 2.97. The molecule has 1 heterocycles. The van der Waals surface area contributed by atoms with Gasteiger partial charge in [0.15, 0.2) is 0 Å². The van der Waals surface area contributed by atoms with Gasteiger partial charge in [-0.1, -0.05) is 52.7 Å². The Balaban J connectivity index is 0.000000659. The highest BCUT2D eigenvalue weighted by Gasteiger charge is 2.38. The van der Waals surface area contributed by atoms with E-state index in [0.717, 1.165) is 0 Å². The summed E-state index contributed by atoms with van der Waals surface area (Å²) in [5.41, 5.74) is 9.02. The van der Waals surface area contributed by atoms with Gasteiger partial charge in [0.2, 0.25) is 0 Å². The van der Waals surface area contributed by atoms with E-state index in [1.807, 2.05) is 13.8 Å². The Morgan fingerprint density at radius 1 is 0.833 bits per heavy atom. The topological polar surface area (TPSA) is 26.0 Å². The largest absolute Gasteiger partial charge is 0.333 e. The molecule has 1 nitrogen and oxygen atoms in total. The second-order valence-corrected chi connectivity index (χ2v) is 7.06. The Hall–Kier alpha value is 0.0500. The van der Waals surface area contributed by atoms with Gasteiger partial charge in [-0.15, -0.1) is 0 Å². The van der Waals surface area contributed by atoms with Crippen LogP contribution in [-0.4, -0.2) is 18.6 Å². The van der Waals surface area contributed by atoms with Crippen LogP contribution >= 0.6 is 11.8 Å². The van der Waals surface area contributed by atoms with Crippen LogP contribution in [0, 0.1) is 10.8 Å². The summed E-state index contributed by atoms with van der Waals surface area (Å²) < 4.78 is 0. The average molecular weight is 272 g/mol. The summed E-state index contributed by atoms with van der Waals surface area (Å²) in [7, 11) is 1.50. The first-order valence-electron chi connectivity index (χ1n) is 7.32. The lowest BCUT2D eigenvalue weighted by Gasteiger charge is -2.28. The van der Waals surface area contributed by atoms with Crippen molar-refractivity contribution < 1.29 is 0 Å². The molecule has 2 aliphatic rings. The summed E-state index contributed by atoms with van der Waals surface area (Å²) in [5.74, 6) is 2.63. The number of hydrogen-bond donors (Lipinski definition) is 1. The van der Waals surface area contributed by atoms with Crippen molar-refractivity contribution >= 4 is 11.8 Å². The molecule has 2 rings (SSSR count). The highest BCUT2D eigenvalue weighted by Crippen LogP contribution is 2.51. The molecule has 108 valence electrons. The molecular weight excluding hydrogens is 238 g/mol. The van der Waals surface area contributed by atoms with Gasteiger partial charge in [-0.2, -0.15) is 11.8 Å². The summed E-state index contributed by atoms with van der Waals surface area (Å²) in [6, 6.07) is 0. The molecule has 18 heavy (non-hydrogen) atoms. The normalized spacial score (nSPS) is 24.0. The number of rotatable bonds is 0. The average Bonchev–Trinajstić information content (AvgIpc) is 2.81. The van der Waals surface area contributed by atoms with Gasteiger partial charge in [-0.05, 0) is 37.1 Å². The van der Waals surface area contributed by atoms with Crippen LogP contribution in [0.3, 0.4) is 0 Å². The van der Waals surface area contributed by atoms with Crippen molar-refractivity contribution in [3.8, 4) is 0 Å². The van der Waals surface area contributed by atoms with Crippen LogP contribution < -0.4 is 5.73 Å². The lowest BCUT2D eigenvalue weighted by molar-refractivity contribution is 0.471. The molecule has 0 atom stereocenters. The minimum absolute atomic E-state index is 0.463. The van der Waals surface area contributed by atoms with Crippen LogP contribution in [0.25, 0.3) is 0 Å². The quantitative estimate of drug-likeness (QED) is 0.636. The smallest absolute Gasteiger partial charge is 0.00217 e. The molecule has 2 N–H and O–H groups in total. The van der Waals surface area contributed by atoms with E-state index in [1.54, 1.807) is 11.1 Å². The first-order chi connectivity index (χ1) is 8.43. The zero-order chi connectivity index (χ0) is 14.4. The maximum atomic E-state index is 4.50. The Morgan fingerprint density at radius 3 is 1.50 bits per heavy atom. The molecule has 1 aliphatic heterocycles. The minimum Gasteiger partial charge on any atom is -0.333 e. The molecule has 0 bridgehead atoms. The first kappa shape index (κ1) is 18.0. The summed E-state index contributed by atoms with van der Waals surface area (Å²) in [4.78, 5) is 0. The molecule has 0 amide bonds. The van der Waals surface area contributed by atoms with Crippen molar-refractivity contribution in [2.75, 3.05) is 18.6 Å². The van der Waals surface area contributed by atoms with Gasteiger partial charge in [-0.25, -0.2) is 0 Å². The highest BCUT2D eigenvalue weighted by molar-refractivity contribution is 7.99. The molecule has 0 radical (unpaired) electrons. The molecule has 0 aromatic carbocycles. The van der Waals surface area contributed by atoms with Crippen molar-refractivity contribution in [3.63, 3.8) is 0 Å². The summed E-state index contributed by atoms with van der Waals surface area (Å²) in [6.07, 6.45) is 4.14.